The lowest BCUT2D eigenvalue weighted by atomic mass is 10.2. The lowest BCUT2D eigenvalue weighted by molar-refractivity contribution is -0.114. The van der Waals surface area contributed by atoms with Crippen LogP contribution in [0.3, 0.4) is 0 Å². The quantitative estimate of drug-likeness (QED) is 0.793. The van der Waals surface area contributed by atoms with Gasteiger partial charge < -0.3 is 14.8 Å². The maximum absolute atomic E-state index is 11.0. The first kappa shape index (κ1) is 18.2. The molecule has 1 aromatic carbocycles. The van der Waals surface area contributed by atoms with Crippen LogP contribution in [0, 0.1) is 0 Å². The third-order valence-electron chi connectivity index (χ3n) is 3.25. The fraction of sp³-hybridized carbons (Fsp3) is 0.412. The van der Waals surface area contributed by atoms with Crippen LogP contribution in [0.15, 0.2) is 23.6 Å². The number of carbonyl (C=O) groups is 1. The van der Waals surface area contributed by atoms with Crippen LogP contribution in [0.4, 0.5) is 5.13 Å². The van der Waals surface area contributed by atoms with Gasteiger partial charge in [-0.1, -0.05) is 6.07 Å². The lowest BCUT2D eigenvalue weighted by Gasteiger charge is -2.17. The fourth-order valence-corrected chi connectivity index (χ4v) is 3.06. The van der Waals surface area contributed by atoms with Crippen LogP contribution in [0.1, 0.15) is 25.1 Å². The molecule has 6 nitrogen and oxygen atoms in total. The predicted molar refractivity (Wildman–Crippen MR) is 95.8 cm³/mol. The van der Waals surface area contributed by atoms with E-state index in [0.717, 1.165) is 29.3 Å². The number of methoxy groups -OCH3 is 1. The summed E-state index contributed by atoms with van der Waals surface area (Å²) in [4.78, 5) is 17.6. The summed E-state index contributed by atoms with van der Waals surface area (Å²) in [5.74, 6) is 1.39. The molecular formula is C17H23N3O3S. The van der Waals surface area contributed by atoms with Gasteiger partial charge in [-0.15, -0.1) is 11.3 Å². The molecule has 0 bridgehead atoms. The molecule has 0 aliphatic carbocycles. The minimum atomic E-state index is -0.106. The summed E-state index contributed by atoms with van der Waals surface area (Å²) in [6, 6.07) is 5.96. The van der Waals surface area contributed by atoms with E-state index in [9.17, 15) is 4.79 Å². The Labute approximate surface area is 146 Å². The van der Waals surface area contributed by atoms with Crippen LogP contribution < -0.4 is 14.8 Å². The fourth-order valence-electron chi connectivity index (χ4n) is 2.32. The van der Waals surface area contributed by atoms with E-state index in [1.165, 1.54) is 18.3 Å². The molecule has 1 N–H and O–H groups in total. The molecule has 0 saturated carbocycles. The number of nitrogens with zero attached hydrogens (tertiary/aromatic N) is 2. The molecule has 2 aromatic rings. The van der Waals surface area contributed by atoms with Crippen molar-refractivity contribution in [3.63, 3.8) is 0 Å². The zero-order chi connectivity index (χ0) is 17.5. The number of anilines is 1. The summed E-state index contributed by atoms with van der Waals surface area (Å²) in [5.41, 5.74) is 2.07. The SMILES string of the molecule is CCOc1ccc(CN(C)Cc2csc(NC(C)=O)n2)cc1OC. The normalized spacial score (nSPS) is 10.7. The van der Waals surface area contributed by atoms with Gasteiger partial charge in [-0.05, 0) is 31.7 Å². The Kier molecular flexibility index (Phi) is 6.57. The molecule has 0 fully saturated rings. The number of nitrogens with one attached hydrogen (secondary N) is 1. The molecule has 1 heterocycles. The van der Waals surface area contributed by atoms with Crippen LogP contribution in [0.25, 0.3) is 0 Å². The van der Waals surface area contributed by atoms with Crippen LogP contribution in [-0.4, -0.2) is 36.6 Å². The summed E-state index contributed by atoms with van der Waals surface area (Å²) < 4.78 is 10.9. The molecule has 0 spiro atoms. The van der Waals surface area contributed by atoms with Crippen LogP contribution in [0.2, 0.25) is 0 Å². The third kappa shape index (κ3) is 5.21. The maximum Gasteiger partial charge on any atom is 0.223 e. The van der Waals surface area contributed by atoms with E-state index in [2.05, 4.69) is 15.2 Å². The van der Waals surface area contributed by atoms with Crippen molar-refractivity contribution in [2.75, 3.05) is 26.1 Å². The number of benzene rings is 1. The number of aromatic nitrogens is 1. The molecule has 1 aromatic heterocycles. The van der Waals surface area contributed by atoms with Gasteiger partial charge in [-0.25, -0.2) is 4.98 Å². The Morgan fingerprint density at radius 2 is 2.12 bits per heavy atom. The van der Waals surface area contributed by atoms with Gasteiger partial charge in [-0.2, -0.15) is 0 Å². The monoisotopic (exact) mass is 349 g/mol. The van der Waals surface area contributed by atoms with Crippen molar-refractivity contribution < 1.29 is 14.3 Å². The highest BCUT2D eigenvalue weighted by atomic mass is 32.1. The largest absolute Gasteiger partial charge is 0.493 e. The van der Waals surface area contributed by atoms with Gasteiger partial charge in [0.05, 0.1) is 19.4 Å². The van der Waals surface area contributed by atoms with E-state index in [-0.39, 0.29) is 5.91 Å². The highest BCUT2D eigenvalue weighted by Gasteiger charge is 2.09. The highest BCUT2D eigenvalue weighted by molar-refractivity contribution is 7.13. The molecule has 0 atom stereocenters. The number of hydrogen-bond donors (Lipinski definition) is 1. The van der Waals surface area contributed by atoms with Gasteiger partial charge >= 0.3 is 0 Å². The number of rotatable bonds is 8. The van der Waals surface area contributed by atoms with Gasteiger partial charge in [0.25, 0.3) is 0 Å². The molecule has 0 unspecified atom stereocenters. The molecule has 1 amide bonds. The van der Waals surface area contributed by atoms with E-state index in [1.807, 2.05) is 37.6 Å². The van der Waals surface area contributed by atoms with Crippen molar-refractivity contribution in [1.29, 1.82) is 0 Å². The topological polar surface area (TPSA) is 63.7 Å². The summed E-state index contributed by atoms with van der Waals surface area (Å²) in [5, 5.41) is 5.29. The van der Waals surface area contributed by atoms with Gasteiger partial charge in [0, 0.05) is 25.4 Å². The Hall–Kier alpha value is -2.12. The minimum absolute atomic E-state index is 0.106. The Bertz CT molecular complexity index is 687. The second-order valence-corrected chi connectivity index (χ2v) is 6.27. The number of amides is 1. The number of thiazole rings is 1. The molecule has 0 saturated heterocycles. The number of ether oxygens (including phenoxy) is 2. The van der Waals surface area contributed by atoms with E-state index in [0.29, 0.717) is 18.3 Å². The number of hydrogen-bond acceptors (Lipinski definition) is 6. The van der Waals surface area contributed by atoms with Gasteiger partial charge in [0.1, 0.15) is 0 Å². The molecule has 7 heteroatoms. The first-order valence-electron chi connectivity index (χ1n) is 7.72. The lowest BCUT2D eigenvalue weighted by Crippen LogP contribution is -2.17. The van der Waals surface area contributed by atoms with Crippen molar-refractivity contribution in [2.24, 2.45) is 0 Å². The van der Waals surface area contributed by atoms with Crippen molar-refractivity contribution in [3.8, 4) is 11.5 Å². The smallest absolute Gasteiger partial charge is 0.223 e. The van der Waals surface area contributed by atoms with Gasteiger partial charge in [0.2, 0.25) is 5.91 Å². The van der Waals surface area contributed by atoms with Crippen molar-refractivity contribution in [2.45, 2.75) is 26.9 Å². The summed E-state index contributed by atoms with van der Waals surface area (Å²) in [6.07, 6.45) is 0. The average Bonchev–Trinajstić information content (AvgIpc) is 2.95. The molecular weight excluding hydrogens is 326 g/mol. The maximum atomic E-state index is 11.0. The third-order valence-corrected chi connectivity index (χ3v) is 4.05. The summed E-state index contributed by atoms with van der Waals surface area (Å²) in [6.45, 7) is 5.49. The predicted octanol–water partition coefficient (Wildman–Crippen LogP) is 3.14. The summed E-state index contributed by atoms with van der Waals surface area (Å²) >= 11 is 1.43. The van der Waals surface area contributed by atoms with E-state index < -0.39 is 0 Å². The zero-order valence-corrected chi connectivity index (χ0v) is 15.3. The molecule has 0 radical (unpaired) electrons. The second-order valence-electron chi connectivity index (χ2n) is 5.42. The molecule has 0 aliphatic heterocycles. The van der Waals surface area contributed by atoms with Crippen molar-refractivity contribution >= 4 is 22.4 Å². The number of carbonyl (C=O) groups excluding carboxylic acids is 1. The minimum Gasteiger partial charge on any atom is -0.493 e. The zero-order valence-electron chi connectivity index (χ0n) is 14.5. The molecule has 0 aliphatic rings. The Morgan fingerprint density at radius 3 is 2.79 bits per heavy atom. The Balaban J connectivity index is 1.97. The van der Waals surface area contributed by atoms with Crippen molar-refractivity contribution in [3.05, 3.63) is 34.8 Å². The first-order chi connectivity index (χ1) is 11.5. The molecule has 24 heavy (non-hydrogen) atoms. The summed E-state index contributed by atoms with van der Waals surface area (Å²) in [7, 11) is 3.67. The van der Waals surface area contributed by atoms with E-state index >= 15 is 0 Å². The first-order valence-corrected chi connectivity index (χ1v) is 8.60. The van der Waals surface area contributed by atoms with Crippen LogP contribution in [-0.2, 0) is 17.9 Å². The van der Waals surface area contributed by atoms with Gasteiger partial charge in [-0.3, -0.25) is 9.69 Å². The van der Waals surface area contributed by atoms with Crippen LogP contribution in [0.5, 0.6) is 11.5 Å². The van der Waals surface area contributed by atoms with E-state index in [4.69, 9.17) is 9.47 Å². The standard InChI is InChI=1S/C17H23N3O3S/c1-5-23-15-7-6-13(8-16(15)22-4)9-20(3)10-14-11-24-17(19-14)18-12(2)21/h6-8,11H,5,9-10H2,1-4H3,(H,18,19,21). The van der Waals surface area contributed by atoms with Crippen molar-refractivity contribution in [1.82, 2.24) is 9.88 Å². The molecule has 2 rings (SSSR count). The van der Waals surface area contributed by atoms with Gasteiger partial charge in [0.15, 0.2) is 16.6 Å². The van der Waals surface area contributed by atoms with E-state index in [1.54, 1.807) is 7.11 Å². The highest BCUT2D eigenvalue weighted by Crippen LogP contribution is 2.28. The second kappa shape index (κ2) is 8.65. The Morgan fingerprint density at radius 1 is 1.33 bits per heavy atom. The molecule has 130 valence electrons. The van der Waals surface area contributed by atoms with Crippen LogP contribution >= 0.6 is 11.3 Å². The average molecular weight is 349 g/mol.